The van der Waals surface area contributed by atoms with Gasteiger partial charge in [0.05, 0.1) is 22.8 Å². The normalized spacial score (nSPS) is 14.7. The topological polar surface area (TPSA) is 106 Å². The average Bonchev–Trinajstić information content (AvgIpc) is 3.39. The molecule has 0 radical (unpaired) electrons. The van der Waals surface area contributed by atoms with Gasteiger partial charge in [0.15, 0.2) is 11.8 Å². The van der Waals surface area contributed by atoms with Gasteiger partial charge in [-0.3, -0.25) is 9.69 Å². The number of urea groups is 1. The molecule has 9 heteroatoms. The highest BCUT2D eigenvalue weighted by atomic mass is 16.5. The van der Waals surface area contributed by atoms with E-state index in [0.717, 1.165) is 10.5 Å². The third-order valence-electron chi connectivity index (χ3n) is 5.10. The van der Waals surface area contributed by atoms with Crippen LogP contribution in [0.5, 0.6) is 0 Å². The first-order valence-electron chi connectivity index (χ1n) is 10.1. The Bertz CT molecular complexity index is 1160. The molecule has 160 valence electrons. The molecule has 1 atom stereocenters. The number of benzene rings is 1. The molecule has 0 aliphatic carbocycles. The van der Waals surface area contributed by atoms with E-state index in [-0.39, 0.29) is 18.2 Å². The first-order valence-corrected chi connectivity index (χ1v) is 10.1. The van der Waals surface area contributed by atoms with Crippen LogP contribution in [0.1, 0.15) is 37.2 Å². The minimum absolute atomic E-state index is 0.0362. The second-order valence-electron chi connectivity index (χ2n) is 7.61. The van der Waals surface area contributed by atoms with E-state index in [1.165, 1.54) is 6.92 Å². The predicted octanol–water partition coefficient (Wildman–Crippen LogP) is 2.78. The fourth-order valence-corrected chi connectivity index (χ4v) is 3.50. The summed E-state index contributed by atoms with van der Waals surface area (Å²) in [6.45, 7) is 6.04. The number of rotatable bonds is 5. The molecule has 1 saturated heterocycles. The average molecular weight is 421 g/mol. The minimum atomic E-state index is -1.11. The van der Waals surface area contributed by atoms with Crippen molar-refractivity contribution in [1.82, 2.24) is 25.0 Å². The summed E-state index contributed by atoms with van der Waals surface area (Å²) in [4.78, 5) is 43.1. The molecule has 3 heterocycles. The van der Waals surface area contributed by atoms with Crippen molar-refractivity contribution in [3.63, 3.8) is 0 Å². The second kappa shape index (κ2) is 8.17. The van der Waals surface area contributed by atoms with Gasteiger partial charge in [-0.1, -0.05) is 30.3 Å². The van der Waals surface area contributed by atoms with Crippen LogP contribution in [0.4, 0.5) is 4.79 Å². The molecule has 1 fully saturated rings. The van der Waals surface area contributed by atoms with Crippen molar-refractivity contribution in [2.45, 2.75) is 32.9 Å². The Labute approximate surface area is 179 Å². The van der Waals surface area contributed by atoms with Gasteiger partial charge >= 0.3 is 12.0 Å². The summed E-state index contributed by atoms with van der Waals surface area (Å²) in [6.07, 6.45) is 0.466. The molecule has 31 heavy (non-hydrogen) atoms. The number of pyridine rings is 1. The van der Waals surface area contributed by atoms with Crippen LogP contribution in [0.15, 0.2) is 42.6 Å². The number of carbonyl (C=O) groups excluding carboxylic acids is 3. The Hall–Kier alpha value is -3.75. The number of amides is 3. The minimum Gasteiger partial charge on any atom is -0.449 e. The van der Waals surface area contributed by atoms with E-state index in [0.29, 0.717) is 23.3 Å². The number of nitrogens with zero attached hydrogens (tertiary/aromatic N) is 4. The summed E-state index contributed by atoms with van der Waals surface area (Å²) in [7, 11) is 0. The van der Waals surface area contributed by atoms with Gasteiger partial charge in [-0.25, -0.2) is 19.3 Å². The Morgan fingerprint density at radius 3 is 2.55 bits per heavy atom. The number of fused-ring (bicyclic) bond motifs is 1. The lowest BCUT2D eigenvalue weighted by molar-refractivity contribution is -0.136. The van der Waals surface area contributed by atoms with Crippen molar-refractivity contribution in [2.24, 2.45) is 0 Å². The molecular formula is C22H23N5O4. The van der Waals surface area contributed by atoms with E-state index >= 15 is 0 Å². The monoisotopic (exact) mass is 421 g/mol. The summed E-state index contributed by atoms with van der Waals surface area (Å²) in [5, 5.41) is 7.48. The fourth-order valence-electron chi connectivity index (χ4n) is 3.50. The quantitative estimate of drug-likeness (QED) is 0.635. The van der Waals surface area contributed by atoms with Gasteiger partial charge in [-0.15, -0.1) is 0 Å². The van der Waals surface area contributed by atoms with E-state index in [1.54, 1.807) is 16.9 Å². The van der Waals surface area contributed by atoms with Crippen LogP contribution in [-0.2, 0) is 9.53 Å². The van der Waals surface area contributed by atoms with E-state index in [4.69, 9.17) is 9.72 Å². The van der Waals surface area contributed by atoms with Crippen LogP contribution in [0.3, 0.4) is 0 Å². The fraction of sp³-hybridized carbons (Fsp3) is 0.318. The maximum atomic E-state index is 13.1. The largest absolute Gasteiger partial charge is 0.449 e. The maximum Gasteiger partial charge on any atom is 0.339 e. The Morgan fingerprint density at radius 2 is 1.90 bits per heavy atom. The number of aromatic nitrogens is 3. The molecule has 1 aliphatic heterocycles. The van der Waals surface area contributed by atoms with Crippen LogP contribution in [0, 0.1) is 0 Å². The molecule has 1 N–H and O–H groups in total. The molecular weight excluding hydrogens is 398 g/mol. The lowest BCUT2D eigenvalue weighted by Crippen LogP contribution is -2.41. The second-order valence-corrected chi connectivity index (χ2v) is 7.61. The zero-order valence-electron chi connectivity index (χ0n) is 17.5. The van der Waals surface area contributed by atoms with Crippen LogP contribution < -0.4 is 5.32 Å². The zero-order valence-corrected chi connectivity index (χ0v) is 17.5. The Morgan fingerprint density at radius 1 is 1.16 bits per heavy atom. The number of imide groups is 1. The molecule has 3 amide bonds. The van der Waals surface area contributed by atoms with Crippen LogP contribution >= 0.6 is 0 Å². The standard InChI is InChI=1S/C22H23N5O4/c1-13(2)27-19-17(12-24-27)16(11-18(25-19)15-7-5-4-6-8-15)21(29)31-14(3)20(28)26-10-9-23-22(26)30/h4-8,11-14H,9-10H2,1-3H3,(H,23,30)/t14-/m0/s1. The molecule has 1 aliphatic rings. The van der Waals surface area contributed by atoms with Gasteiger partial charge in [0, 0.05) is 24.7 Å². The van der Waals surface area contributed by atoms with Gasteiger partial charge < -0.3 is 10.1 Å². The number of nitrogens with one attached hydrogen (secondary N) is 1. The van der Waals surface area contributed by atoms with Crippen molar-refractivity contribution in [1.29, 1.82) is 0 Å². The van der Waals surface area contributed by atoms with Crippen molar-refractivity contribution in [3.8, 4) is 11.3 Å². The van der Waals surface area contributed by atoms with Crippen molar-refractivity contribution in [3.05, 3.63) is 48.2 Å². The first-order chi connectivity index (χ1) is 14.9. The lowest BCUT2D eigenvalue weighted by Gasteiger charge is -2.18. The zero-order chi connectivity index (χ0) is 22.1. The van der Waals surface area contributed by atoms with Crippen LogP contribution in [-0.4, -0.2) is 56.8 Å². The summed E-state index contributed by atoms with van der Waals surface area (Å²) >= 11 is 0. The van der Waals surface area contributed by atoms with Gasteiger partial charge in [-0.05, 0) is 26.8 Å². The van der Waals surface area contributed by atoms with E-state index < -0.39 is 24.0 Å². The Balaban J connectivity index is 1.71. The lowest BCUT2D eigenvalue weighted by atomic mass is 10.1. The summed E-state index contributed by atoms with van der Waals surface area (Å²) < 4.78 is 7.19. The highest BCUT2D eigenvalue weighted by Crippen LogP contribution is 2.27. The molecule has 2 aromatic heterocycles. The summed E-state index contributed by atoms with van der Waals surface area (Å²) in [5.74, 6) is -1.23. The number of esters is 1. The first kappa shape index (κ1) is 20.5. The number of carbonyl (C=O) groups is 3. The van der Waals surface area contributed by atoms with Crippen molar-refractivity contribution < 1.29 is 19.1 Å². The van der Waals surface area contributed by atoms with Gasteiger partial charge in [0.1, 0.15) is 0 Å². The third-order valence-corrected chi connectivity index (χ3v) is 5.10. The van der Waals surface area contributed by atoms with Crippen molar-refractivity contribution >= 4 is 28.9 Å². The maximum absolute atomic E-state index is 13.1. The molecule has 0 unspecified atom stereocenters. The van der Waals surface area contributed by atoms with E-state index in [2.05, 4.69) is 10.4 Å². The molecule has 3 aromatic rings. The number of ether oxygens (including phenoxy) is 1. The molecule has 4 rings (SSSR count). The SMILES string of the molecule is CC(C)n1ncc2c(C(=O)O[C@@H](C)C(=O)N3CCNC3=O)cc(-c3ccccc3)nc21. The highest BCUT2D eigenvalue weighted by molar-refractivity contribution is 6.05. The molecule has 0 saturated carbocycles. The smallest absolute Gasteiger partial charge is 0.339 e. The molecule has 1 aromatic carbocycles. The number of hydrogen-bond acceptors (Lipinski definition) is 6. The van der Waals surface area contributed by atoms with Gasteiger partial charge in [0.25, 0.3) is 5.91 Å². The van der Waals surface area contributed by atoms with E-state index in [1.807, 2.05) is 44.2 Å². The summed E-state index contributed by atoms with van der Waals surface area (Å²) in [6, 6.07) is 10.7. The molecule has 0 bridgehead atoms. The Kier molecular flexibility index (Phi) is 5.41. The molecule has 0 spiro atoms. The van der Waals surface area contributed by atoms with Crippen molar-refractivity contribution in [2.75, 3.05) is 13.1 Å². The van der Waals surface area contributed by atoms with E-state index in [9.17, 15) is 14.4 Å². The predicted molar refractivity (Wildman–Crippen MR) is 113 cm³/mol. The third kappa shape index (κ3) is 3.86. The number of hydrogen-bond donors (Lipinski definition) is 1. The van der Waals surface area contributed by atoms with Crippen LogP contribution in [0.25, 0.3) is 22.3 Å². The highest BCUT2D eigenvalue weighted by Gasteiger charge is 2.32. The van der Waals surface area contributed by atoms with Gasteiger partial charge in [-0.2, -0.15) is 5.10 Å². The summed E-state index contributed by atoms with van der Waals surface area (Å²) in [5.41, 5.74) is 2.26. The molecule has 9 nitrogen and oxygen atoms in total. The van der Waals surface area contributed by atoms with Crippen LogP contribution in [0.2, 0.25) is 0 Å². The van der Waals surface area contributed by atoms with Gasteiger partial charge in [0.2, 0.25) is 0 Å².